The number of fused-ring (bicyclic) bond motifs is 3. The molecule has 1 saturated heterocycles. The van der Waals surface area contributed by atoms with E-state index in [2.05, 4.69) is 93.0 Å². The van der Waals surface area contributed by atoms with E-state index < -0.39 is 20.2 Å². The lowest BCUT2D eigenvalue weighted by molar-refractivity contribution is -0.150. The van der Waals surface area contributed by atoms with Crippen molar-refractivity contribution >= 4 is 30.1 Å². The quantitative estimate of drug-likeness (QED) is 0.237. The van der Waals surface area contributed by atoms with Crippen molar-refractivity contribution in [3.63, 3.8) is 0 Å². The Balaban J connectivity index is 1.69. The van der Waals surface area contributed by atoms with Crippen LogP contribution in [0.2, 0.25) is 18.1 Å². The van der Waals surface area contributed by atoms with Crippen LogP contribution in [0.4, 0.5) is 0 Å². The van der Waals surface area contributed by atoms with Crippen LogP contribution in [0.3, 0.4) is 0 Å². The second-order valence-corrected chi connectivity index (χ2v) is 17.4. The molecule has 3 heterocycles. The zero-order chi connectivity index (χ0) is 28.0. The largest absolute Gasteiger partial charge is 0.408 e. The molecule has 0 saturated carbocycles. The maximum Gasteiger partial charge on any atom is 0.192 e. The summed E-state index contributed by atoms with van der Waals surface area (Å²) in [7, 11) is -2.22. The van der Waals surface area contributed by atoms with Gasteiger partial charge in [0.15, 0.2) is 14.1 Å². The van der Waals surface area contributed by atoms with Gasteiger partial charge in [0.2, 0.25) is 0 Å². The normalized spacial score (nSPS) is 20.6. The molecule has 1 aliphatic heterocycles. The molecule has 1 fully saturated rings. The highest BCUT2D eigenvalue weighted by Gasteiger charge is 2.45. The van der Waals surface area contributed by atoms with Gasteiger partial charge in [0.05, 0.1) is 30.0 Å². The molecule has 3 unspecified atom stereocenters. The van der Waals surface area contributed by atoms with Crippen molar-refractivity contribution in [2.45, 2.75) is 89.8 Å². The van der Waals surface area contributed by atoms with E-state index in [1.165, 1.54) is 16.5 Å². The monoisotopic (exact) mass is 546 g/mol. The molecule has 4 aromatic rings. The molecule has 6 nitrogen and oxygen atoms in total. The molecule has 0 radical (unpaired) electrons. The summed E-state index contributed by atoms with van der Waals surface area (Å²) in [6.07, 6.45) is 1.38. The lowest BCUT2D eigenvalue weighted by Gasteiger charge is -2.40. The van der Waals surface area contributed by atoms with Crippen molar-refractivity contribution in [3.05, 3.63) is 78.1 Å². The number of pyridine rings is 1. The minimum absolute atomic E-state index is 0.0125. The van der Waals surface area contributed by atoms with E-state index in [-0.39, 0.29) is 23.9 Å². The predicted molar refractivity (Wildman–Crippen MR) is 159 cm³/mol. The Morgan fingerprint density at radius 2 is 1.64 bits per heavy atom. The molecule has 1 aliphatic rings. The average Bonchev–Trinajstić information content (AvgIpc) is 3.36. The number of aliphatic hydroxyl groups is 1. The van der Waals surface area contributed by atoms with Crippen LogP contribution in [0.1, 0.15) is 58.4 Å². The smallest absolute Gasteiger partial charge is 0.192 e. The number of hydrogen-bond acceptors (Lipinski definition) is 5. The van der Waals surface area contributed by atoms with E-state index in [0.717, 1.165) is 23.1 Å². The fraction of sp³-hybridized carbons (Fsp3) is 0.469. The van der Waals surface area contributed by atoms with Crippen molar-refractivity contribution < 1.29 is 19.0 Å². The fourth-order valence-corrected chi connectivity index (χ4v) is 6.69. The zero-order valence-electron chi connectivity index (χ0n) is 24.3. The number of hydrogen-bond donors (Lipinski definition) is 1. The fourth-order valence-electron chi connectivity index (χ4n) is 5.42. The van der Waals surface area contributed by atoms with Crippen LogP contribution in [-0.2, 0) is 20.4 Å². The maximum atomic E-state index is 10.1. The summed E-state index contributed by atoms with van der Waals surface area (Å²) >= 11 is 0. The van der Waals surface area contributed by atoms with Gasteiger partial charge < -0.3 is 23.6 Å². The molecule has 5 rings (SSSR count). The molecule has 39 heavy (non-hydrogen) atoms. The Morgan fingerprint density at radius 1 is 0.974 bits per heavy atom. The number of rotatable bonds is 8. The van der Waals surface area contributed by atoms with E-state index in [1.54, 1.807) is 0 Å². The summed E-state index contributed by atoms with van der Waals surface area (Å²) < 4.78 is 21.9. The van der Waals surface area contributed by atoms with E-state index >= 15 is 0 Å². The second kappa shape index (κ2) is 10.4. The van der Waals surface area contributed by atoms with Crippen molar-refractivity contribution in [1.82, 2.24) is 9.55 Å². The van der Waals surface area contributed by atoms with Crippen LogP contribution in [0, 0.1) is 0 Å². The van der Waals surface area contributed by atoms with E-state index in [0.29, 0.717) is 6.42 Å². The Morgan fingerprint density at radius 3 is 2.33 bits per heavy atom. The van der Waals surface area contributed by atoms with Crippen LogP contribution < -0.4 is 0 Å². The number of para-hydroxylation sites is 1. The highest BCUT2D eigenvalue weighted by molar-refractivity contribution is 6.74. The van der Waals surface area contributed by atoms with Gasteiger partial charge >= 0.3 is 0 Å². The highest BCUT2D eigenvalue weighted by Crippen LogP contribution is 2.44. The Bertz CT molecular complexity index is 1440. The Kier molecular flexibility index (Phi) is 7.50. The van der Waals surface area contributed by atoms with Crippen molar-refractivity contribution in [1.29, 1.82) is 0 Å². The molecule has 7 heteroatoms. The summed E-state index contributed by atoms with van der Waals surface area (Å²) in [6.45, 7) is 15.7. The Labute approximate surface area is 233 Å². The molecule has 0 amide bonds. The van der Waals surface area contributed by atoms with Crippen LogP contribution in [-0.4, -0.2) is 47.6 Å². The third-order valence-electron chi connectivity index (χ3n) is 8.35. The van der Waals surface area contributed by atoms with E-state index in [1.807, 2.05) is 26.1 Å². The van der Waals surface area contributed by atoms with E-state index in [9.17, 15) is 5.11 Å². The first-order valence-corrected chi connectivity index (χ1v) is 16.8. The third-order valence-corrected chi connectivity index (χ3v) is 12.8. The minimum atomic E-state index is -2.22. The Hall–Kier alpha value is -2.55. The molecule has 0 spiro atoms. The molecule has 208 valence electrons. The van der Waals surface area contributed by atoms with Crippen molar-refractivity contribution in [3.8, 4) is 0 Å². The summed E-state index contributed by atoms with van der Waals surface area (Å²) in [4.78, 5) is 5.02. The van der Waals surface area contributed by atoms with Crippen LogP contribution in [0.15, 0.2) is 66.9 Å². The number of aliphatic hydroxyl groups excluding tert-OH is 1. The van der Waals surface area contributed by atoms with Gasteiger partial charge in [-0.2, -0.15) is 0 Å². The number of benzene rings is 2. The minimum Gasteiger partial charge on any atom is -0.408 e. The number of aromatic nitrogens is 2. The highest BCUT2D eigenvalue weighted by atomic mass is 28.4. The molecular formula is C32H42N2O4Si. The average molecular weight is 547 g/mol. The van der Waals surface area contributed by atoms with Gasteiger partial charge in [-0.1, -0.05) is 69.3 Å². The molecule has 3 atom stereocenters. The predicted octanol–water partition coefficient (Wildman–Crippen LogP) is 7.20. The molecular weight excluding hydrogens is 504 g/mol. The SMILES string of the molecule is CC1(C)OC(CO)C(CC(O[Si](C)(C)C(C)(C)C)c2nccc3c4ccccc4n(Cc4ccccc4)c23)O1. The van der Waals surface area contributed by atoms with E-state index in [4.69, 9.17) is 18.9 Å². The molecule has 2 aromatic carbocycles. The maximum absolute atomic E-state index is 10.1. The number of ether oxygens (including phenoxy) is 2. The van der Waals surface area contributed by atoms with Gasteiger partial charge in [0, 0.05) is 35.5 Å². The lowest BCUT2D eigenvalue weighted by atomic mass is 10.0. The van der Waals surface area contributed by atoms with Gasteiger partial charge in [0.1, 0.15) is 6.10 Å². The first-order valence-electron chi connectivity index (χ1n) is 13.9. The zero-order valence-corrected chi connectivity index (χ0v) is 25.3. The molecule has 0 aliphatic carbocycles. The summed E-state index contributed by atoms with van der Waals surface area (Å²) in [6, 6.07) is 21.2. The summed E-state index contributed by atoms with van der Waals surface area (Å²) in [5, 5.41) is 12.5. The van der Waals surface area contributed by atoms with Gasteiger partial charge in [0.25, 0.3) is 0 Å². The standard InChI is InChI=1S/C32H42N2O4Si/c1-31(2,3)39(6,7)38-27(19-26-28(21-35)37-32(4,5)36-26)29-30-24(17-18-33-29)23-15-11-12-16-25(23)34(30)20-22-13-9-8-10-14-22/h8-18,26-28,35H,19-21H2,1-7H3. The summed E-state index contributed by atoms with van der Waals surface area (Å²) in [5.74, 6) is -0.763. The molecule has 2 aromatic heterocycles. The summed E-state index contributed by atoms with van der Waals surface area (Å²) in [5.41, 5.74) is 4.40. The number of nitrogens with zero attached hydrogens (tertiary/aromatic N) is 2. The van der Waals surface area contributed by atoms with Gasteiger partial charge in [-0.15, -0.1) is 0 Å². The van der Waals surface area contributed by atoms with Crippen LogP contribution in [0.25, 0.3) is 21.8 Å². The van der Waals surface area contributed by atoms with Gasteiger partial charge in [-0.05, 0) is 49.7 Å². The second-order valence-electron chi connectivity index (χ2n) is 12.7. The lowest BCUT2D eigenvalue weighted by Crippen LogP contribution is -2.43. The van der Waals surface area contributed by atoms with Gasteiger partial charge in [-0.3, -0.25) is 4.98 Å². The third kappa shape index (κ3) is 5.56. The first kappa shape index (κ1) is 28.0. The molecule has 1 N–H and O–H groups in total. The van der Waals surface area contributed by atoms with Crippen LogP contribution in [0.5, 0.6) is 0 Å². The van der Waals surface area contributed by atoms with Crippen LogP contribution >= 0.6 is 0 Å². The van der Waals surface area contributed by atoms with Crippen molar-refractivity contribution in [2.24, 2.45) is 0 Å². The van der Waals surface area contributed by atoms with Gasteiger partial charge in [-0.25, -0.2) is 0 Å². The molecule has 0 bridgehead atoms. The van der Waals surface area contributed by atoms with Crippen molar-refractivity contribution in [2.75, 3.05) is 6.61 Å². The first-order chi connectivity index (χ1) is 18.4. The topological polar surface area (TPSA) is 65.7 Å².